The third-order valence-electron chi connectivity index (χ3n) is 7.32. The van der Waals surface area contributed by atoms with Gasteiger partial charge in [0.15, 0.2) is 0 Å². The Hall–Kier alpha value is -0.660. The Morgan fingerprint density at radius 3 is 1.16 bits per heavy atom. The zero-order valence-corrected chi connectivity index (χ0v) is 22.6. The lowest BCUT2D eigenvalue weighted by Crippen LogP contribution is -2.39. The molecule has 2 nitrogen and oxygen atoms in total. The molecular formula is C30H60N2. The second kappa shape index (κ2) is 22.1. The van der Waals surface area contributed by atoms with Crippen LogP contribution in [-0.4, -0.2) is 29.1 Å². The third kappa shape index (κ3) is 15.2. The summed E-state index contributed by atoms with van der Waals surface area (Å²) in [5.74, 6) is 0. The summed E-state index contributed by atoms with van der Waals surface area (Å²) in [4.78, 5) is 5.34. The molecule has 0 aromatic heterocycles. The lowest BCUT2D eigenvalue weighted by Gasteiger charge is -2.33. The van der Waals surface area contributed by atoms with Crippen LogP contribution in [0.2, 0.25) is 0 Å². The van der Waals surface area contributed by atoms with Crippen LogP contribution in [0.25, 0.3) is 0 Å². The van der Waals surface area contributed by atoms with Gasteiger partial charge in [-0.05, 0) is 25.7 Å². The fourth-order valence-corrected chi connectivity index (χ4v) is 5.13. The average Bonchev–Trinajstić information content (AvgIpc) is 3.18. The van der Waals surface area contributed by atoms with E-state index in [1.54, 1.807) is 0 Å². The van der Waals surface area contributed by atoms with Crippen molar-refractivity contribution in [2.75, 3.05) is 13.1 Å². The van der Waals surface area contributed by atoms with E-state index in [0.717, 1.165) is 0 Å². The molecule has 32 heavy (non-hydrogen) atoms. The molecule has 0 amide bonds. The van der Waals surface area contributed by atoms with E-state index in [9.17, 15) is 0 Å². The molecule has 1 aliphatic heterocycles. The Morgan fingerprint density at radius 2 is 0.719 bits per heavy atom. The minimum atomic E-state index is 0.644. The maximum atomic E-state index is 2.68. The van der Waals surface area contributed by atoms with Gasteiger partial charge in [0.2, 0.25) is 0 Å². The molecule has 1 atom stereocenters. The van der Waals surface area contributed by atoms with Crippen LogP contribution < -0.4 is 0 Å². The highest BCUT2D eigenvalue weighted by Gasteiger charge is 2.24. The summed E-state index contributed by atoms with van der Waals surface area (Å²) < 4.78 is 0. The SMILES string of the molecule is CCCCCCCCCCCCN1C=CN(CCCCC)C1CCCCCCCCCC. The molecule has 190 valence electrons. The molecule has 0 bridgehead atoms. The molecule has 0 aromatic rings. The zero-order valence-electron chi connectivity index (χ0n) is 22.6. The summed E-state index contributed by atoms with van der Waals surface area (Å²) in [5.41, 5.74) is 0. The summed E-state index contributed by atoms with van der Waals surface area (Å²) in [7, 11) is 0. The van der Waals surface area contributed by atoms with E-state index >= 15 is 0 Å². The minimum absolute atomic E-state index is 0.644. The number of nitrogens with zero attached hydrogens (tertiary/aromatic N) is 2. The van der Waals surface area contributed by atoms with Gasteiger partial charge in [-0.3, -0.25) is 0 Å². The summed E-state index contributed by atoms with van der Waals surface area (Å²) in [6, 6.07) is 0. The van der Waals surface area contributed by atoms with Crippen molar-refractivity contribution >= 4 is 0 Å². The van der Waals surface area contributed by atoms with Crippen molar-refractivity contribution in [3.63, 3.8) is 0 Å². The van der Waals surface area contributed by atoms with Crippen LogP contribution in [0.5, 0.6) is 0 Å². The molecule has 0 aromatic carbocycles. The van der Waals surface area contributed by atoms with E-state index in [-0.39, 0.29) is 0 Å². The topological polar surface area (TPSA) is 6.48 Å². The fourth-order valence-electron chi connectivity index (χ4n) is 5.13. The normalized spacial score (nSPS) is 15.9. The first-order valence-electron chi connectivity index (χ1n) is 15.0. The van der Waals surface area contributed by atoms with Gasteiger partial charge in [-0.2, -0.15) is 0 Å². The monoisotopic (exact) mass is 448 g/mol. The van der Waals surface area contributed by atoms with E-state index in [2.05, 4.69) is 43.0 Å². The summed E-state index contributed by atoms with van der Waals surface area (Å²) in [6.45, 7) is 9.44. The molecule has 1 unspecified atom stereocenters. The second-order valence-electron chi connectivity index (χ2n) is 10.4. The Balaban J connectivity index is 2.19. The van der Waals surface area contributed by atoms with Gasteiger partial charge in [0, 0.05) is 25.5 Å². The van der Waals surface area contributed by atoms with Crippen molar-refractivity contribution in [3.05, 3.63) is 12.4 Å². The van der Waals surface area contributed by atoms with Crippen LogP contribution in [0.4, 0.5) is 0 Å². The van der Waals surface area contributed by atoms with Gasteiger partial charge in [0.25, 0.3) is 0 Å². The van der Waals surface area contributed by atoms with Crippen LogP contribution in [0, 0.1) is 0 Å². The van der Waals surface area contributed by atoms with Gasteiger partial charge in [-0.25, -0.2) is 0 Å². The fraction of sp³-hybridized carbons (Fsp3) is 0.933. The molecule has 0 spiro atoms. The predicted molar refractivity (Wildman–Crippen MR) is 145 cm³/mol. The standard InChI is InChI=1S/C30H60N2/c1-4-7-10-12-14-16-17-19-21-24-27-32-29-28-31(26-23-9-6-3)30(32)25-22-20-18-15-13-11-8-5-2/h28-30H,4-27H2,1-3H3. The molecular weight excluding hydrogens is 388 g/mol. The number of hydrogen-bond donors (Lipinski definition) is 0. The Morgan fingerprint density at radius 1 is 0.406 bits per heavy atom. The molecule has 1 heterocycles. The maximum Gasteiger partial charge on any atom is 0.101 e. The first kappa shape index (κ1) is 29.4. The first-order valence-corrected chi connectivity index (χ1v) is 15.0. The van der Waals surface area contributed by atoms with E-state index in [4.69, 9.17) is 0 Å². The zero-order chi connectivity index (χ0) is 23.1. The molecule has 2 heteroatoms. The molecule has 0 N–H and O–H groups in total. The Labute approximate surface area is 203 Å². The van der Waals surface area contributed by atoms with Crippen LogP contribution >= 0.6 is 0 Å². The van der Waals surface area contributed by atoms with Crippen molar-refractivity contribution in [1.82, 2.24) is 9.80 Å². The third-order valence-corrected chi connectivity index (χ3v) is 7.32. The van der Waals surface area contributed by atoms with E-state index in [1.807, 2.05) is 0 Å². The average molecular weight is 449 g/mol. The van der Waals surface area contributed by atoms with Crippen LogP contribution in [0.3, 0.4) is 0 Å². The summed E-state index contributed by atoms with van der Waals surface area (Å²) in [6.07, 6.45) is 36.6. The lowest BCUT2D eigenvalue weighted by atomic mass is 10.1. The highest BCUT2D eigenvalue weighted by Crippen LogP contribution is 2.23. The van der Waals surface area contributed by atoms with Crippen LogP contribution in [0.1, 0.15) is 162 Å². The van der Waals surface area contributed by atoms with Crippen molar-refractivity contribution in [2.45, 2.75) is 168 Å². The number of hydrogen-bond acceptors (Lipinski definition) is 2. The molecule has 0 radical (unpaired) electrons. The maximum absolute atomic E-state index is 2.68. The van der Waals surface area contributed by atoms with Gasteiger partial charge in [0.1, 0.15) is 6.17 Å². The smallest absolute Gasteiger partial charge is 0.101 e. The van der Waals surface area contributed by atoms with E-state index in [1.165, 1.54) is 154 Å². The summed E-state index contributed by atoms with van der Waals surface area (Å²) >= 11 is 0. The van der Waals surface area contributed by atoms with Crippen LogP contribution in [-0.2, 0) is 0 Å². The lowest BCUT2D eigenvalue weighted by molar-refractivity contribution is 0.135. The molecule has 1 rings (SSSR count). The van der Waals surface area contributed by atoms with Crippen LogP contribution in [0.15, 0.2) is 12.4 Å². The Bertz CT molecular complexity index is 406. The van der Waals surface area contributed by atoms with E-state index < -0.39 is 0 Å². The van der Waals surface area contributed by atoms with Crippen molar-refractivity contribution < 1.29 is 0 Å². The van der Waals surface area contributed by atoms with Crippen molar-refractivity contribution in [1.29, 1.82) is 0 Å². The molecule has 0 aliphatic carbocycles. The summed E-state index contributed by atoms with van der Waals surface area (Å²) in [5, 5.41) is 0. The minimum Gasteiger partial charge on any atom is -0.356 e. The molecule has 1 aliphatic rings. The highest BCUT2D eigenvalue weighted by molar-refractivity contribution is 4.96. The highest BCUT2D eigenvalue weighted by atomic mass is 15.4. The van der Waals surface area contributed by atoms with Gasteiger partial charge < -0.3 is 9.80 Å². The second-order valence-corrected chi connectivity index (χ2v) is 10.4. The molecule has 0 saturated heterocycles. The molecule has 0 fully saturated rings. The van der Waals surface area contributed by atoms with Gasteiger partial charge in [-0.1, -0.05) is 136 Å². The number of unbranched alkanes of at least 4 members (excludes halogenated alkanes) is 18. The van der Waals surface area contributed by atoms with Gasteiger partial charge in [0.05, 0.1) is 0 Å². The Kier molecular flexibility index (Phi) is 20.3. The molecule has 0 saturated carbocycles. The number of rotatable bonds is 24. The van der Waals surface area contributed by atoms with Crippen molar-refractivity contribution in [3.8, 4) is 0 Å². The predicted octanol–water partition coefficient (Wildman–Crippen LogP) is 10.0. The van der Waals surface area contributed by atoms with Crippen molar-refractivity contribution in [2.24, 2.45) is 0 Å². The van der Waals surface area contributed by atoms with Gasteiger partial charge in [-0.15, -0.1) is 0 Å². The first-order chi connectivity index (χ1) is 15.8. The largest absolute Gasteiger partial charge is 0.356 e. The quantitative estimate of drug-likeness (QED) is 0.135. The van der Waals surface area contributed by atoms with E-state index in [0.29, 0.717) is 6.17 Å². The van der Waals surface area contributed by atoms with Gasteiger partial charge >= 0.3 is 0 Å².